The number of carboxylic acids is 1. The summed E-state index contributed by atoms with van der Waals surface area (Å²) in [7, 11) is 0. The summed E-state index contributed by atoms with van der Waals surface area (Å²) in [6, 6.07) is 4.56. The molecule has 0 saturated heterocycles. The molecular formula is C9H9BrClNO2. The maximum absolute atomic E-state index is 10.6. The van der Waals surface area contributed by atoms with E-state index in [1.807, 2.05) is 0 Å². The van der Waals surface area contributed by atoms with Crippen LogP contribution in [0.15, 0.2) is 22.7 Å². The molecule has 1 atom stereocenters. The van der Waals surface area contributed by atoms with Crippen LogP contribution in [-0.2, 0) is 4.79 Å². The van der Waals surface area contributed by atoms with Crippen LogP contribution in [-0.4, -0.2) is 17.1 Å². The lowest BCUT2D eigenvalue weighted by atomic mass is 10.2. The summed E-state index contributed by atoms with van der Waals surface area (Å²) in [5.41, 5.74) is 0.607. The minimum Gasteiger partial charge on any atom is -0.480 e. The van der Waals surface area contributed by atoms with Crippen molar-refractivity contribution >= 4 is 39.2 Å². The Balaban J connectivity index is 2.85. The summed E-state index contributed by atoms with van der Waals surface area (Å²) in [6.07, 6.45) is 0. The molecular weight excluding hydrogens is 269 g/mol. The van der Waals surface area contributed by atoms with Crippen molar-refractivity contribution in [3.8, 4) is 0 Å². The molecule has 0 heterocycles. The van der Waals surface area contributed by atoms with Gasteiger partial charge in [-0.25, -0.2) is 0 Å². The smallest absolute Gasteiger partial charge is 0.325 e. The number of halogens is 2. The van der Waals surface area contributed by atoms with E-state index in [9.17, 15) is 4.79 Å². The maximum Gasteiger partial charge on any atom is 0.325 e. The van der Waals surface area contributed by atoms with Crippen LogP contribution in [0.4, 0.5) is 5.69 Å². The predicted molar refractivity (Wildman–Crippen MR) is 59.9 cm³/mol. The van der Waals surface area contributed by atoms with Gasteiger partial charge in [0.05, 0.1) is 10.7 Å². The largest absolute Gasteiger partial charge is 0.480 e. The van der Waals surface area contributed by atoms with Crippen molar-refractivity contribution in [2.45, 2.75) is 13.0 Å². The molecule has 0 amide bonds. The zero-order valence-corrected chi connectivity index (χ0v) is 9.76. The number of benzene rings is 1. The first kappa shape index (κ1) is 11.3. The Bertz CT molecular complexity index is 357. The van der Waals surface area contributed by atoms with Gasteiger partial charge in [0.2, 0.25) is 0 Å². The SMILES string of the molecule is CC(Nc1cc(Br)ccc1Cl)C(=O)O. The Morgan fingerprint density at radius 3 is 2.86 bits per heavy atom. The zero-order valence-electron chi connectivity index (χ0n) is 7.42. The van der Waals surface area contributed by atoms with E-state index in [1.54, 1.807) is 25.1 Å². The first-order valence-electron chi connectivity index (χ1n) is 3.95. The molecule has 0 bridgehead atoms. The second-order valence-corrected chi connectivity index (χ2v) is 4.15. The quantitative estimate of drug-likeness (QED) is 0.893. The molecule has 2 N–H and O–H groups in total. The Hall–Kier alpha value is -0.740. The van der Waals surface area contributed by atoms with Crippen molar-refractivity contribution in [2.75, 3.05) is 5.32 Å². The van der Waals surface area contributed by atoms with E-state index >= 15 is 0 Å². The monoisotopic (exact) mass is 277 g/mol. The average Bonchev–Trinajstić information content (AvgIpc) is 2.11. The minimum atomic E-state index is -0.916. The second kappa shape index (κ2) is 4.66. The highest BCUT2D eigenvalue weighted by Crippen LogP contribution is 2.26. The number of nitrogens with one attached hydrogen (secondary N) is 1. The molecule has 14 heavy (non-hydrogen) atoms. The number of hydrogen-bond acceptors (Lipinski definition) is 2. The number of carbonyl (C=O) groups is 1. The third-order valence-electron chi connectivity index (χ3n) is 1.67. The van der Waals surface area contributed by atoms with Gasteiger partial charge in [-0.15, -0.1) is 0 Å². The second-order valence-electron chi connectivity index (χ2n) is 2.83. The molecule has 1 rings (SSSR count). The first-order valence-corrected chi connectivity index (χ1v) is 5.12. The maximum atomic E-state index is 10.6. The molecule has 1 aromatic rings. The van der Waals surface area contributed by atoms with Gasteiger partial charge in [0.15, 0.2) is 0 Å². The van der Waals surface area contributed by atoms with Gasteiger partial charge in [0.1, 0.15) is 6.04 Å². The molecule has 1 aromatic carbocycles. The van der Waals surface area contributed by atoms with Gasteiger partial charge >= 0.3 is 5.97 Å². The summed E-state index contributed by atoms with van der Waals surface area (Å²) < 4.78 is 0.849. The highest BCUT2D eigenvalue weighted by molar-refractivity contribution is 9.10. The van der Waals surface area contributed by atoms with E-state index in [-0.39, 0.29) is 0 Å². The summed E-state index contributed by atoms with van der Waals surface area (Å²) >= 11 is 9.15. The van der Waals surface area contributed by atoms with Crippen LogP contribution in [0, 0.1) is 0 Å². The molecule has 3 nitrogen and oxygen atoms in total. The van der Waals surface area contributed by atoms with Crippen LogP contribution in [0.2, 0.25) is 5.02 Å². The lowest BCUT2D eigenvalue weighted by molar-refractivity contribution is -0.137. The fraction of sp³-hybridized carbons (Fsp3) is 0.222. The number of hydrogen-bond donors (Lipinski definition) is 2. The summed E-state index contributed by atoms with van der Waals surface area (Å²) in [5.74, 6) is -0.916. The van der Waals surface area contributed by atoms with Gasteiger partial charge in [-0.1, -0.05) is 27.5 Å². The van der Waals surface area contributed by atoms with Crippen LogP contribution in [0.3, 0.4) is 0 Å². The standard InChI is InChI=1S/C9H9BrClNO2/c1-5(9(13)14)12-8-4-6(10)2-3-7(8)11/h2-5,12H,1H3,(H,13,14). The minimum absolute atomic E-state index is 0.501. The lowest BCUT2D eigenvalue weighted by Crippen LogP contribution is -2.25. The van der Waals surface area contributed by atoms with Crippen molar-refractivity contribution < 1.29 is 9.90 Å². The topological polar surface area (TPSA) is 49.3 Å². The summed E-state index contributed by atoms with van der Waals surface area (Å²) in [4.78, 5) is 10.6. The molecule has 0 spiro atoms. The Morgan fingerprint density at radius 1 is 1.64 bits per heavy atom. The van der Waals surface area contributed by atoms with Crippen LogP contribution < -0.4 is 5.32 Å². The fourth-order valence-electron chi connectivity index (χ4n) is 0.903. The number of anilines is 1. The van der Waals surface area contributed by atoms with Crippen molar-refractivity contribution in [3.05, 3.63) is 27.7 Å². The molecule has 76 valence electrons. The molecule has 5 heteroatoms. The average molecular weight is 279 g/mol. The fourth-order valence-corrected chi connectivity index (χ4v) is 1.44. The summed E-state index contributed by atoms with van der Waals surface area (Å²) in [5, 5.41) is 12.0. The van der Waals surface area contributed by atoms with Crippen LogP contribution in [0.5, 0.6) is 0 Å². The molecule has 0 aliphatic carbocycles. The van der Waals surface area contributed by atoms with Crippen molar-refractivity contribution in [1.82, 2.24) is 0 Å². The van der Waals surface area contributed by atoms with Gasteiger partial charge in [0, 0.05) is 4.47 Å². The zero-order chi connectivity index (χ0) is 10.7. The number of rotatable bonds is 3. The van der Waals surface area contributed by atoms with Crippen molar-refractivity contribution in [3.63, 3.8) is 0 Å². The molecule has 0 aromatic heterocycles. The van der Waals surface area contributed by atoms with Crippen LogP contribution in [0.25, 0.3) is 0 Å². The van der Waals surface area contributed by atoms with E-state index in [0.717, 1.165) is 4.47 Å². The van der Waals surface area contributed by atoms with Gasteiger partial charge in [-0.05, 0) is 25.1 Å². The Kier molecular flexibility index (Phi) is 3.77. The van der Waals surface area contributed by atoms with Gasteiger partial charge in [0.25, 0.3) is 0 Å². The molecule has 0 radical (unpaired) electrons. The Labute approximate surface area is 95.2 Å². The molecule has 1 unspecified atom stereocenters. The predicted octanol–water partition coefficient (Wildman–Crippen LogP) is 2.99. The number of aliphatic carboxylic acids is 1. The van der Waals surface area contributed by atoms with Crippen molar-refractivity contribution in [2.24, 2.45) is 0 Å². The van der Waals surface area contributed by atoms with Gasteiger partial charge < -0.3 is 10.4 Å². The van der Waals surface area contributed by atoms with Crippen LogP contribution >= 0.6 is 27.5 Å². The van der Waals surface area contributed by atoms with E-state index in [1.165, 1.54) is 0 Å². The molecule has 0 saturated carbocycles. The van der Waals surface area contributed by atoms with E-state index in [2.05, 4.69) is 21.2 Å². The van der Waals surface area contributed by atoms with Gasteiger partial charge in [-0.3, -0.25) is 4.79 Å². The highest BCUT2D eigenvalue weighted by Gasteiger charge is 2.11. The third-order valence-corrected chi connectivity index (χ3v) is 2.49. The van der Waals surface area contributed by atoms with E-state index in [4.69, 9.17) is 16.7 Å². The first-order chi connectivity index (χ1) is 6.50. The highest BCUT2D eigenvalue weighted by atomic mass is 79.9. The normalized spacial score (nSPS) is 12.2. The summed E-state index contributed by atoms with van der Waals surface area (Å²) in [6.45, 7) is 1.56. The van der Waals surface area contributed by atoms with Crippen LogP contribution in [0.1, 0.15) is 6.92 Å². The molecule has 0 aliphatic rings. The van der Waals surface area contributed by atoms with E-state index < -0.39 is 12.0 Å². The Morgan fingerprint density at radius 2 is 2.29 bits per heavy atom. The number of carboxylic acid groups (broad SMARTS) is 1. The van der Waals surface area contributed by atoms with Gasteiger partial charge in [-0.2, -0.15) is 0 Å². The molecule has 0 aliphatic heterocycles. The molecule has 0 fully saturated rings. The third kappa shape index (κ3) is 2.89. The lowest BCUT2D eigenvalue weighted by Gasteiger charge is -2.12. The van der Waals surface area contributed by atoms with Crippen molar-refractivity contribution in [1.29, 1.82) is 0 Å². The van der Waals surface area contributed by atoms with E-state index in [0.29, 0.717) is 10.7 Å².